The van der Waals surface area contributed by atoms with Crippen LogP contribution < -0.4 is 9.47 Å². The number of Topliss-reactive ketones (excluding diaryl/α,β-unsaturated/α-hetero) is 1. The van der Waals surface area contributed by atoms with Crippen molar-refractivity contribution >= 4 is 17.7 Å². The molecule has 0 aromatic heterocycles. The zero-order valence-corrected chi connectivity index (χ0v) is 17.9. The minimum Gasteiger partial charge on any atom is -0.504 e. The van der Waals surface area contributed by atoms with Crippen molar-refractivity contribution in [3.63, 3.8) is 0 Å². The monoisotopic (exact) mass is 420 g/mol. The number of esters is 2. The van der Waals surface area contributed by atoms with Crippen LogP contribution in [-0.4, -0.2) is 41.8 Å². The van der Waals surface area contributed by atoms with Crippen molar-refractivity contribution < 1.29 is 38.4 Å². The lowest BCUT2D eigenvalue weighted by atomic mass is 10.0. The van der Waals surface area contributed by atoms with E-state index < -0.39 is 35.9 Å². The van der Waals surface area contributed by atoms with Crippen molar-refractivity contribution in [2.75, 3.05) is 6.61 Å². The first-order chi connectivity index (χ1) is 14.2. The summed E-state index contributed by atoms with van der Waals surface area (Å²) >= 11 is 0. The van der Waals surface area contributed by atoms with Crippen LogP contribution in [0.1, 0.15) is 51.4 Å². The molecule has 164 valence electrons. The molecule has 2 atom stereocenters. The molecular formula is C22H28O8. The predicted octanol–water partition coefficient (Wildman–Crippen LogP) is 3.72. The summed E-state index contributed by atoms with van der Waals surface area (Å²) < 4.78 is 21.4. The first kappa shape index (κ1) is 24.9. The molecule has 1 N–H and O–H groups in total. The van der Waals surface area contributed by atoms with E-state index in [0.717, 1.165) is 0 Å². The van der Waals surface area contributed by atoms with Crippen LogP contribution in [0.3, 0.4) is 0 Å². The van der Waals surface area contributed by atoms with Crippen LogP contribution in [0.15, 0.2) is 36.4 Å². The molecule has 1 aromatic rings. The van der Waals surface area contributed by atoms with Gasteiger partial charge < -0.3 is 24.1 Å². The fourth-order valence-electron chi connectivity index (χ4n) is 2.31. The molecule has 1 aromatic carbocycles. The van der Waals surface area contributed by atoms with Crippen molar-refractivity contribution in [3.8, 4) is 17.2 Å². The second-order valence-corrected chi connectivity index (χ2v) is 6.31. The third kappa shape index (κ3) is 6.73. The lowest BCUT2D eigenvalue weighted by molar-refractivity contribution is -0.158. The number of hydrogen-bond acceptors (Lipinski definition) is 8. The van der Waals surface area contributed by atoms with Crippen molar-refractivity contribution in [3.05, 3.63) is 42.0 Å². The summed E-state index contributed by atoms with van der Waals surface area (Å²) in [7, 11) is 0. The Balaban J connectivity index is 3.45. The molecule has 8 nitrogen and oxygen atoms in total. The van der Waals surface area contributed by atoms with Gasteiger partial charge in [-0.1, -0.05) is 19.6 Å². The molecule has 0 spiro atoms. The van der Waals surface area contributed by atoms with Gasteiger partial charge >= 0.3 is 11.9 Å². The average Bonchev–Trinajstić information content (AvgIpc) is 2.69. The summed E-state index contributed by atoms with van der Waals surface area (Å²) in [5, 5.41) is 10.3. The molecule has 0 fully saturated rings. The molecule has 0 aliphatic carbocycles. The molecule has 0 amide bonds. The molecule has 0 radical (unpaired) electrons. The minimum atomic E-state index is -1.10. The van der Waals surface area contributed by atoms with Gasteiger partial charge in [-0.25, -0.2) is 9.59 Å². The van der Waals surface area contributed by atoms with Gasteiger partial charge in [0, 0.05) is 24.7 Å². The summed E-state index contributed by atoms with van der Waals surface area (Å²) in [6.07, 6.45) is 1.00. The Kier molecular flexibility index (Phi) is 9.77. The fourth-order valence-corrected chi connectivity index (χ4v) is 2.31. The molecule has 0 saturated carbocycles. The summed E-state index contributed by atoms with van der Waals surface area (Å²) in [4.78, 5) is 36.7. The van der Waals surface area contributed by atoms with Gasteiger partial charge in [-0.3, -0.25) is 4.79 Å². The Bertz CT molecular complexity index is 825. The highest BCUT2D eigenvalue weighted by Gasteiger charge is 2.28. The number of ether oxygens (including phenoxy) is 4. The van der Waals surface area contributed by atoms with E-state index in [4.69, 9.17) is 18.9 Å². The van der Waals surface area contributed by atoms with Gasteiger partial charge in [0.15, 0.2) is 17.3 Å². The number of ketones is 1. The zero-order chi connectivity index (χ0) is 22.8. The highest BCUT2D eigenvalue weighted by atomic mass is 16.7. The zero-order valence-electron chi connectivity index (χ0n) is 17.9. The molecule has 0 aliphatic rings. The van der Waals surface area contributed by atoms with E-state index in [-0.39, 0.29) is 29.1 Å². The Labute approximate surface area is 176 Å². The largest absolute Gasteiger partial charge is 0.504 e. The van der Waals surface area contributed by atoms with Crippen molar-refractivity contribution in [2.24, 2.45) is 0 Å². The van der Waals surface area contributed by atoms with E-state index >= 15 is 0 Å². The summed E-state index contributed by atoms with van der Waals surface area (Å²) in [5.41, 5.74) is 0.0417. The number of phenols is 1. The average molecular weight is 420 g/mol. The van der Waals surface area contributed by atoms with Gasteiger partial charge in [-0.2, -0.15) is 0 Å². The highest BCUT2D eigenvalue weighted by molar-refractivity contribution is 6.04. The molecule has 0 bridgehead atoms. The van der Waals surface area contributed by atoms with Gasteiger partial charge in [0.2, 0.25) is 12.0 Å². The lowest BCUT2D eigenvalue weighted by Crippen LogP contribution is -2.25. The maximum Gasteiger partial charge on any atom is 0.338 e. The standard InChI is InChI=1S/C22H28O8/c1-7-10-17(24)28-18(8-2)29-21-16(23)12-11-15(19(25)14(6)27-9-3)20(21)30-22(26)13(4)5/h7,10-12,14,18,23H,4,8-9H2,1-3,5-6H3/b10-7+. The summed E-state index contributed by atoms with van der Waals surface area (Å²) in [5.74, 6) is -2.96. The van der Waals surface area contributed by atoms with Crippen LogP contribution in [0.5, 0.6) is 17.2 Å². The van der Waals surface area contributed by atoms with Gasteiger partial charge in [0.05, 0.1) is 5.56 Å². The number of allylic oxidation sites excluding steroid dienone is 1. The number of rotatable bonds is 11. The molecule has 0 saturated heterocycles. The number of hydrogen-bond donors (Lipinski definition) is 1. The minimum absolute atomic E-state index is 0.0343. The van der Waals surface area contributed by atoms with E-state index in [1.165, 1.54) is 31.2 Å². The van der Waals surface area contributed by atoms with Crippen LogP contribution in [0.2, 0.25) is 0 Å². The third-order valence-corrected chi connectivity index (χ3v) is 3.82. The number of carbonyl (C=O) groups excluding carboxylic acids is 3. The van der Waals surface area contributed by atoms with Crippen molar-refractivity contribution in [1.29, 1.82) is 0 Å². The number of phenolic OH excluding ortho intramolecular Hbond substituents is 1. The number of benzene rings is 1. The quantitative estimate of drug-likeness (QED) is 0.190. The second kappa shape index (κ2) is 11.8. The normalized spacial score (nSPS) is 12.8. The molecule has 0 heterocycles. The Hall–Kier alpha value is -3.13. The SMILES string of the molecule is C=C(C)C(=O)Oc1c(C(=O)C(C)OCC)ccc(O)c1OC(CC)OC(=O)/C=C/C. The van der Waals surface area contributed by atoms with E-state index in [9.17, 15) is 19.5 Å². The Morgan fingerprint density at radius 1 is 1.20 bits per heavy atom. The Morgan fingerprint density at radius 2 is 1.87 bits per heavy atom. The van der Waals surface area contributed by atoms with E-state index in [1.54, 1.807) is 27.7 Å². The Morgan fingerprint density at radius 3 is 2.40 bits per heavy atom. The van der Waals surface area contributed by atoms with Crippen LogP contribution in [0.25, 0.3) is 0 Å². The number of carbonyl (C=O) groups is 3. The summed E-state index contributed by atoms with van der Waals surface area (Å²) in [6.45, 7) is 11.9. The maximum absolute atomic E-state index is 12.8. The molecular weight excluding hydrogens is 392 g/mol. The smallest absolute Gasteiger partial charge is 0.338 e. The molecule has 0 aliphatic heterocycles. The van der Waals surface area contributed by atoms with Gasteiger partial charge in [-0.15, -0.1) is 0 Å². The fraction of sp³-hybridized carbons (Fsp3) is 0.409. The topological polar surface area (TPSA) is 108 Å². The number of aromatic hydroxyl groups is 1. The van der Waals surface area contributed by atoms with Crippen LogP contribution in [-0.2, 0) is 19.1 Å². The molecule has 30 heavy (non-hydrogen) atoms. The highest BCUT2D eigenvalue weighted by Crippen LogP contribution is 2.41. The summed E-state index contributed by atoms with van der Waals surface area (Å²) in [6, 6.07) is 2.52. The maximum atomic E-state index is 12.8. The van der Waals surface area contributed by atoms with E-state index in [2.05, 4.69) is 6.58 Å². The molecule has 2 unspecified atom stereocenters. The predicted molar refractivity (Wildman–Crippen MR) is 110 cm³/mol. The third-order valence-electron chi connectivity index (χ3n) is 3.82. The van der Waals surface area contributed by atoms with Gasteiger partial charge in [0.25, 0.3) is 0 Å². The van der Waals surface area contributed by atoms with Crippen LogP contribution >= 0.6 is 0 Å². The first-order valence-corrected chi connectivity index (χ1v) is 9.55. The van der Waals surface area contributed by atoms with E-state index in [1.807, 2.05) is 0 Å². The van der Waals surface area contributed by atoms with Crippen molar-refractivity contribution in [1.82, 2.24) is 0 Å². The van der Waals surface area contributed by atoms with Crippen LogP contribution in [0.4, 0.5) is 0 Å². The van der Waals surface area contributed by atoms with Crippen LogP contribution in [0, 0.1) is 0 Å². The molecule has 8 heteroatoms. The molecule has 1 rings (SSSR count). The second-order valence-electron chi connectivity index (χ2n) is 6.31. The van der Waals surface area contributed by atoms with Gasteiger partial charge in [-0.05, 0) is 39.8 Å². The van der Waals surface area contributed by atoms with Crippen molar-refractivity contribution in [2.45, 2.75) is 53.4 Å². The van der Waals surface area contributed by atoms with E-state index in [0.29, 0.717) is 6.61 Å². The lowest BCUT2D eigenvalue weighted by Gasteiger charge is -2.22. The van der Waals surface area contributed by atoms with Gasteiger partial charge in [0.1, 0.15) is 6.10 Å². The first-order valence-electron chi connectivity index (χ1n) is 9.55.